The minimum Gasteiger partial charge on any atom is -0.497 e. The number of rotatable bonds is 8. The molecular formula is C24H30O4. The molecule has 0 amide bonds. The Balaban J connectivity index is 1.50. The lowest BCUT2D eigenvalue weighted by Gasteiger charge is -2.34. The van der Waals surface area contributed by atoms with E-state index in [1.54, 1.807) is 7.11 Å². The number of methoxy groups -OCH3 is 1. The van der Waals surface area contributed by atoms with Gasteiger partial charge in [-0.25, -0.2) is 0 Å². The summed E-state index contributed by atoms with van der Waals surface area (Å²) in [4.78, 5) is 0. The molecule has 1 N–H and O–H groups in total. The fourth-order valence-electron chi connectivity index (χ4n) is 3.46. The molecule has 1 saturated carbocycles. The molecule has 0 bridgehead atoms. The SMILES string of the molecule is COc1ccc(CO[C@@H]2C/C(=C\COCc3ccccc3)C[C@@H](O)[C@@H]2C)cc1. The van der Waals surface area contributed by atoms with Gasteiger partial charge in [0.2, 0.25) is 0 Å². The van der Waals surface area contributed by atoms with Gasteiger partial charge >= 0.3 is 0 Å². The zero-order valence-corrected chi connectivity index (χ0v) is 16.7. The molecule has 0 saturated heterocycles. The summed E-state index contributed by atoms with van der Waals surface area (Å²) >= 11 is 0. The monoisotopic (exact) mass is 382 g/mol. The third-order valence-corrected chi connectivity index (χ3v) is 5.35. The maximum atomic E-state index is 10.4. The second-order valence-electron chi connectivity index (χ2n) is 7.40. The fraction of sp³-hybridized carbons (Fsp3) is 0.417. The molecule has 0 unspecified atom stereocenters. The summed E-state index contributed by atoms with van der Waals surface area (Å²) in [6.07, 6.45) is 3.25. The van der Waals surface area contributed by atoms with Gasteiger partial charge in [-0.1, -0.05) is 61.0 Å². The Kier molecular flexibility index (Phi) is 7.66. The molecule has 1 aliphatic rings. The van der Waals surface area contributed by atoms with E-state index >= 15 is 0 Å². The van der Waals surface area contributed by atoms with E-state index in [2.05, 4.69) is 25.1 Å². The average Bonchev–Trinajstić information content (AvgIpc) is 2.73. The van der Waals surface area contributed by atoms with Gasteiger partial charge in [0, 0.05) is 5.92 Å². The molecule has 0 heterocycles. The zero-order valence-electron chi connectivity index (χ0n) is 16.7. The van der Waals surface area contributed by atoms with Crippen molar-refractivity contribution in [2.45, 2.75) is 45.2 Å². The molecule has 2 aromatic rings. The summed E-state index contributed by atoms with van der Waals surface area (Å²) in [6.45, 7) is 3.74. The van der Waals surface area contributed by atoms with Gasteiger partial charge in [0.1, 0.15) is 5.75 Å². The number of aliphatic hydroxyl groups excluding tert-OH is 1. The molecule has 4 heteroatoms. The Labute approximate surface area is 167 Å². The second kappa shape index (κ2) is 10.4. The third-order valence-electron chi connectivity index (χ3n) is 5.35. The maximum absolute atomic E-state index is 10.4. The van der Waals surface area contributed by atoms with Crippen LogP contribution < -0.4 is 4.74 Å². The normalized spacial score (nSPS) is 23.7. The van der Waals surface area contributed by atoms with E-state index in [9.17, 15) is 5.11 Å². The van der Waals surface area contributed by atoms with Crippen molar-refractivity contribution < 1.29 is 19.3 Å². The Bertz CT molecular complexity index is 739. The molecule has 1 fully saturated rings. The maximum Gasteiger partial charge on any atom is 0.118 e. The fourth-order valence-corrected chi connectivity index (χ4v) is 3.46. The minimum atomic E-state index is -0.380. The molecule has 4 nitrogen and oxygen atoms in total. The number of ether oxygens (including phenoxy) is 3. The first-order chi connectivity index (χ1) is 13.7. The van der Waals surface area contributed by atoms with Crippen molar-refractivity contribution in [2.24, 2.45) is 5.92 Å². The van der Waals surface area contributed by atoms with E-state index < -0.39 is 0 Å². The van der Waals surface area contributed by atoms with Crippen LogP contribution in [-0.2, 0) is 22.7 Å². The predicted molar refractivity (Wildman–Crippen MR) is 110 cm³/mol. The van der Waals surface area contributed by atoms with Crippen LogP contribution in [0.15, 0.2) is 66.2 Å². The Morgan fingerprint density at radius 3 is 2.39 bits per heavy atom. The van der Waals surface area contributed by atoms with E-state index in [4.69, 9.17) is 14.2 Å². The van der Waals surface area contributed by atoms with E-state index in [1.165, 1.54) is 11.1 Å². The van der Waals surface area contributed by atoms with Gasteiger partial charge in [-0.2, -0.15) is 0 Å². The van der Waals surface area contributed by atoms with Crippen LogP contribution >= 0.6 is 0 Å². The highest BCUT2D eigenvalue weighted by atomic mass is 16.5. The van der Waals surface area contributed by atoms with Gasteiger partial charge in [0.25, 0.3) is 0 Å². The average molecular weight is 383 g/mol. The summed E-state index contributed by atoms with van der Waals surface area (Å²) in [5.74, 6) is 0.951. The highest BCUT2D eigenvalue weighted by Gasteiger charge is 2.31. The summed E-state index contributed by atoms with van der Waals surface area (Å²) in [5.41, 5.74) is 3.47. The number of hydrogen-bond donors (Lipinski definition) is 1. The van der Waals surface area contributed by atoms with Crippen LogP contribution in [0.4, 0.5) is 0 Å². The molecule has 3 atom stereocenters. The smallest absolute Gasteiger partial charge is 0.118 e. The van der Waals surface area contributed by atoms with Gasteiger partial charge in [-0.15, -0.1) is 0 Å². The summed E-state index contributed by atoms with van der Waals surface area (Å²) in [6, 6.07) is 18.0. The Morgan fingerprint density at radius 1 is 0.964 bits per heavy atom. The molecule has 3 rings (SSSR count). The van der Waals surface area contributed by atoms with Crippen LogP contribution in [0.5, 0.6) is 5.75 Å². The van der Waals surface area contributed by atoms with Crippen molar-refractivity contribution in [3.63, 3.8) is 0 Å². The van der Waals surface area contributed by atoms with Crippen LogP contribution in [0.2, 0.25) is 0 Å². The Hall–Kier alpha value is -2.14. The molecule has 150 valence electrons. The highest BCUT2D eigenvalue weighted by Crippen LogP contribution is 2.31. The minimum absolute atomic E-state index is 0.00576. The van der Waals surface area contributed by atoms with Crippen LogP contribution in [-0.4, -0.2) is 31.0 Å². The second-order valence-corrected chi connectivity index (χ2v) is 7.40. The zero-order chi connectivity index (χ0) is 19.8. The molecule has 2 aromatic carbocycles. The van der Waals surface area contributed by atoms with E-state index in [0.717, 1.165) is 17.7 Å². The highest BCUT2D eigenvalue weighted by molar-refractivity contribution is 5.26. The molecule has 0 aliphatic heterocycles. The number of benzene rings is 2. The van der Waals surface area contributed by atoms with Gasteiger partial charge in [0.05, 0.1) is 39.1 Å². The van der Waals surface area contributed by atoms with E-state index in [-0.39, 0.29) is 18.1 Å². The molecule has 0 spiro atoms. The Morgan fingerprint density at radius 2 is 1.68 bits per heavy atom. The molecule has 0 radical (unpaired) electrons. The van der Waals surface area contributed by atoms with Gasteiger partial charge in [0.15, 0.2) is 0 Å². The van der Waals surface area contributed by atoms with E-state index in [0.29, 0.717) is 26.2 Å². The summed E-state index contributed by atoms with van der Waals surface area (Å²) in [7, 11) is 1.66. The lowest BCUT2D eigenvalue weighted by atomic mass is 9.82. The van der Waals surface area contributed by atoms with E-state index in [1.807, 2.05) is 42.5 Å². The molecule has 1 aliphatic carbocycles. The van der Waals surface area contributed by atoms with Gasteiger partial charge in [-0.05, 0) is 36.1 Å². The van der Waals surface area contributed by atoms with Crippen molar-refractivity contribution in [2.75, 3.05) is 13.7 Å². The van der Waals surface area contributed by atoms with Gasteiger partial charge < -0.3 is 19.3 Å². The number of aliphatic hydroxyl groups is 1. The first-order valence-corrected chi connectivity index (χ1v) is 9.88. The predicted octanol–water partition coefficient (Wildman–Crippen LogP) is 4.51. The first kappa shape index (κ1) is 20.6. The van der Waals surface area contributed by atoms with Crippen LogP contribution in [0.3, 0.4) is 0 Å². The summed E-state index contributed by atoms with van der Waals surface area (Å²) in [5, 5.41) is 10.4. The van der Waals surface area contributed by atoms with Crippen LogP contribution in [0, 0.1) is 5.92 Å². The van der Waals surface area contributed by atoms with Crippen molar-refractivity contribution in [1.29, 1.82) is 0 Å². The quantitative estimate of drug-likeness (QED) is 0.539. The molecular weight excluding hydrogens is 352 g/mol. The van der Waals surface area contributed by atoms with Crippen molar-refractivity contribution >= 4 is 0 Å². The lowest BCUT2D eigenvalue weighted by Crippen LogP contribution is -2.37. The molecule has 28 heavy (non-hydrogen) atoms. The third kappa shape index (κ3) is 5.93. The van der Waals surface area contributed by atoms with Crippen molar-refractivity contribution in [3.05, 3.63) is 77.4 Å². The van der Waals surface area contributed by atoms with Crippen LogP contribution in [0.1, 0.15) is 30.9 Å². The first-order valence-electron chi connectivity index (χ1n) is 9.88. The number of hydrogen-bond acceptors (Lipinski definition) is 4. The largest absolute Gasteiger partial charge is 0.497 e. The lowest BCUT2D eigenvalue weighted by molar-refractivity contribution is -0.0515. The molecule has 0 aromatic heterocycles. The van der Waals surface area contributed by atoms with Crippen LogP contribution in [0.25, 0.3) is 0 Å². The standard InChI is InChI=1S/C24H30O4/c1-18-23(25)14-21(12-13-27-16-19-6-4-3-5-7-19)15-24(18)28-17-20-8-10-22(26-2)11-9-20/h3-12,18,23-25H,13-17H2,1-2H3/b21-12-/t18-,23+,24+/m0/s1. The van der Waals surface area contributed by atoms with Gasteiger partial charge in [-0.3, -0.25) is 0 Å². The van der Waals surface area contributed by atoms with Crippen molar-refractivity contribution in [3.8, 4) is 5.75 Å². The van der Waals surface area contributed by atoms with Crippen molar-refractivity contribution in [1.82, 2.24) is 0 Å². The summed E-state index contributed by atoms with van der Waals surface area (Å²) < 4.78 is 17.1. The topological polar surface area (TPSA) is 47.9 Å².